The molecule has 5 nitrogen and oxygen atoms in total. The second kappa shape index (κ2) is 7.95. The first-order chi connectivity index (χ1) is 9.40. The average Bonchev–Trinajstić information content (AvgIpc) is 2.38. The number of nitrogens with zero attached hydrogens (tertiary/aromatic N) is 1. The average molecular weight is 364 g/mol. The van der Waals surface area contributed by atoms with Gasteiger partial charge in [-0.15, -0.1) is 0 Å². The van der Waals surface area contributed by atoms with Gasteiger partial charge < -0.3 is 5.32 Å². The molecule has 0 bridgehead atoms. The van der Waals surface area contributed by atoms with Gasteiger partial charge in [-0.1, -0.05) is 19.8 Å². The summed E-state index contributed by atoms with van der Waals surface area (Å²) in [4.78, 5) is 4.30. The molecule has 0 saturated heterocycles. The first-order valence-electron chi connectivity index (χ1n) is 6.82. The minimum absolute atomic E-state index is 0.0894. The highest BCUT2D eigenvalue weighted by Gasteiger charge is 2.22. The molecule has 114 valence electrons. The van der Waals surface area contributed by atoms with Crippen molar-refractivity contribution in [1.29, 1.82) is 0 Å². The predicted molar refractivity (Wildman–Crippen MR) is 85.4 cm³/mol. The Labute approximate surface area is 129 Å². The van der Waals surface area contributed by atoms with Crippen molar-refractivity contribution < 1.29 is 8.42 Å². The molecule has 1 atom stereocenters. The van der Waals surface area contributed by atoms with Gasteiger partial charge in [0.2, 0.25) is 10.0 Å². The Hall–Kier alpha value is -0.660. The molecule has 1 rings (SSSR count). The lowest BCUT2D eigenvalue weighted by molar-refractivity contribution is 0.534. The van der Waals surface area contributed by atoms with E-state index in [1.54, 1.807) is 12.3 Å². The molecule has 0 saturated carbocycles. The second-order valence-electron chi connectivity index (χ2n) is 4.70. The molecule has 0 aromatic carbocycles. The summed E-state index contributed by atoms with van der Waals surface area (Å²) in [5.41, 5.74) is 0. The van der Waals surface area contributed by atoms with Gasteiger partial charge in [-0.05, 0) is 42.3 Å². The van der Waals surface area contributed by atoms with Gasteiger partial charge in [0, 0.05) is 23.3 Å². The molecular weight excluding hydrogens is 342 g/mol. The van der Waals surface area contributed by atoms with Crippen molar-refractivity contribution in [2.75, 3.05) is 11.9 Å². The van der Waals surface area contributed by atoms with E-state index in [2.05, 4.69) is 37.9 Å². The third-order valence-electron chi connectivity index (χ3n) is 2.80. The SMILES string of the molecule is CCCCC(C)NS(=O)(=O)c1cc(Br)cnc1NCC. The van der Waals surface area contributed by atoms with E-state index in [1.807, 2.05) is 13.8 Å². The highest BCUT2D eigenvalue weighted by molar-refractivity contribution is 9.10. The van der Waals surface area contributed by atoms with Crippen molar-refractivity contribution in [2.24, 2.45) is 0 Å². The molecule has 0 spiro atoms. The maximum absolute atomic E-state index is 12.4. The Kier molecular flexibility index (Phi) is 6.91. The Morgan fingerprint density at radius 3 is 2.70 bits per heavy atom. The molecule has 2 N–H and O–H groups in total. The van der Waals surface area contributed by atoms with Crippen LogP contribution in [0.25, 0.3) is 0 Å². The molecular formula is C13H22BrN3O2S. The molecule has 0 fully saturated rings. The monoisotopic (exact) mass is 363 g/mol. The summed E-state index contributed by atoms with van der Waals surface area (Å²) < 4.78 is 28.2. The number of aromatic nitrogens is 1. The summed E-state index contributed by atoms with van der Waals surface area (Å²) in [6, 6.07) is 1.48. The van der Waals surface area contributed by atoms with Gasteiger partial charge in [-0.2, -0.15) is 0 Å². The standard InChI is InChI=1S/C13H22BrN3O2S/c1-4-6-7-10(3)17-20(18,19)12-8-11(14)9-16-13(12)15-5-2/h8-10,17H,4-7H2,1-3H3,(H,15,16). The fourth-order valence-electron chi connectivity index (χ4n) is 1.82. The summed E-state index contributed by atoms with van der Waals surface area (Å²) in [6.45, 7) is 6.48. The van der Waals surface area contributed by atoms with E-state index >= 15 is 0 Å². The smallest absolute Gasteiger partial charge is 0.244 e. The molecule has 1 aromatic heterocycles. The first kappa shape index (κ1) is 17.4. The van der Waals surface area contributed by atoms with Gasteiger partial charge in [0.1, 0.15) is 10.7 Å². The van der Waals surface area contributed by atoms with Gasteiger partial charge in [-0.25, -0.2) is 18.1 Å². The molecule has 0 aliphatic heterocycles. The summed E-state index contributed by atoms with van der Waals surface area (Å²) in [5.74, 6) is 0.380. The number of hydrogen-bond acceptors (Lipinski definition) is 4. The van der Waals surface area contributed by atoms with Crippen LogP contribution in [0.2, 0.25) is 0 Å². The minimum Gasteiger partial charge on any atom is -0.369 e. The maximum Gasteiger partial charge on any atom is 0.244 e. The fraction of sp³-hybridized carbons (Fsp3) is 0.615. The van der Waals surface area contributed by atoms with Crippen LogP contribution >= 0.6 is 15.9 Å². The molecule has 20 heavy (non-hydrogen) atoms. The molecule has 0 amide bonds. The quantitative estimate of drug-likeness (QED) is 0.744. The van der Waals surface area contributed by atoms with E-state index in [1.165, 1.54) is 0 Å². The van der Waals surface area contributed by atoms with Crippen LogP contribution < -0.4 is 10.0 Å². The number of unbranched alkanes of at least 4 members (excludes halogenated alkanes) is 1. The van der Waals surface area contributed by atoms with E-state index in [0.717, 1.165) is 19.3 Å². The molecule has 1 unspecified atom stereocenters. The van der Waals surface area contributed by atoms with Crippen LogP contribution in [0.1, 0.15) is 40.0 Å². The predicted octanol–water partition coefficient (Wildman–Crippen LogP) is 3.13. The lowest BCUT2D eigenvalue weighted by atomic mass is 10.2. The zero-order chi connectivity index (χ0) is 15.2. The first-order valence-corrected chi connectivity index (χ1v) is 9.10. The van der Waals surface area contributed by atoms with Crippen molar-refractivity contribution in [2.45, 2.75) is 51.0 Å². The van der Waals surface area contributed by atoms with Gasteiger partial charge in [0.15, 0.2) is 0 Å². The normalized spacial score (nSPS) is 13.2. The second-order valence-corrected chi connectivity index (χ2v) is 7.29. The van der Waals surface area contributed by atoms with Crippen LogP contribution in [0.5, 0.6) is 0 Å². The Bertz CT molecular complexity index is 534. The van der Waals surface area contributed by atoms with E-state index < -0.39 is 10.0 Å². The number of sulfonamides is 1. The third-order valence-corrected chi connectivity index (χ3v) is 4.84. The fourth-order valence-corrected chi connectivity index (χ4v) is 3.74. The Balaban J connectivity index is 2.99. The third kappa shape index (κ3) is 5.03. The number of pyridine rings is 1. The van der Waals surface area contributed by atoms with Gasteiger partial charge >= 0.3 is 0 Å². The van der Waals surface area contributed by atoms with Gasteiger partial charge in [0.25, 0.3) is 0 Å². The summed E-state index contributed by atoms with van der Waals surface area (Å²) in [6.07, 6.45) is 4.46. The lowest BCUT2D eigenvalue weighted by Crippen LogP contribution is -2.33. The van der Waals surface area contributed by atoms with Crippen LogP contribution in [-0.2, 0) is 10.0 Å². The Morgan fingerprint density at radius 1 is 1.40 bits per heavy atom. The number of halogens is 1. The molecule has 0 aliphatic carbocycles. The topological polar surface area (TPSA) is 71.1 Å². The number of hydrogen-bond donors (Lipinski definition) is 2. The van der Waals surface area contributed by atoms with Crippen LogP contribution in [0, 0.1) is 0 Å². The highest BCUT2D eigenvalue weighted by Crippen LogP contribution is 2.23. The number of anilines is 1. The van der Waals surface area contributed by atoms with Crippen molar-refractivity contribution >= 4 is 31.8 Å². The van der Waals surface area contributed by atoms with Crippen LogP contribution in [0.15, 0.2) is 21.6 Å². The zero-order valence-corrected chi connectivity index (χ0v) is 14.5. The van der Waals surface area contributed by atoms with Crippen molar-refractivity contribution in [3.63, 3.8) is 0 Å². The van der Waals surface area contributed by atoms with Crippen LogP contribution in [0.4, 0.5) is 5.82 Å². The molecule has 0 radical (unpaired) electrons. The van der Waals surface area contributed by atoms with Gasteiger partial charge in [-0.3, -0.25) is 0 Å². The number of rotatable bonds is 8. The van der Waals surface area contributed by atoms with Crippen molar-refractivity contribution in [3.8, 4) is 0 Å². The molecule has 1 heterocycles. The van der Waals surface area contributed by atoms with E-state index in [0.29, 0.717) is 16.8 Å². The van der Waals surface area contributed by atoms with Crippen LogP contribution in [-0.4, -0.2) is 26.0 Å². The van der Waals surface area contributed by atoms with E-state index in [-0.39, 0.29) is 10.9 Å². The van der Waals surface area contributed by atoms with E-state index in [9.17, 15) is 8.42 Å². The zero-order valence-electron chi connectivity index (χ0n) is 12.1. The molecule has 1 aromatic rings. The summed E-state index contributed by atoms with van der Waals surface area (Å²) in [5, 5.41) is 2.97. The van der Waals surface area contributed by atoms with Crippen molar-refractivity contribution in [3.05, 3.63) is 16.7 Å². The molecule has 7 heteroatoms. The van der Waals surface area contributed by atoms with Crippen LogP contribution in [0.3, 0.4) is 0 Å². The minimum atomic E-state index is -3.57. The van der Waals surface area contributed by atoms with Gasteiger partial charge in [0.05, 0.1) is 0 Å². The Morgan fingerprint density at radius 2 is 2.10 bits per heavy atom. The van der Waals surface area contributed by atoms with E-state index in [4.69, 9.17) is 0 Å². The van der Waals surface area contributed by atoms with Crippen molar-refractivity contribution in [1.82, 2.24) is 9.71 Å². The highest BCUT2D eigenvalue weighted by atomic mass is 79.9. The lowest BCUT2D eigenvalue weighted by Gasteiger charge is -2.16. The summed E-state index contributed by atoms with van der Waals surface area (Å²) >= 11 is 3.27. The number of nitrogens with one attached hydrogen (secondary N) is 2. The summed E-state index contributed by atoms with van der Waals surface area (Å²) in [7, 11) is -3.57. The largest absolute Gasteiger partial charge is 0.369 e. The molecule has 0 aliphatic rings. The maximum atomic E-state index is 12.4.